The van der Waals surface area contributed by atoms with Crippen molar-refractivity contribution >= 4 is 44.7 Å². The van der Waals surface area contributed by atoms with Gasteiger partial charge < -0.3 is 28.8 Å². The molecule has 10 nitrogen and oxygen atoms in total. The molecule has 1 aromatic carbocycles. The summed E-state index contributed by atoms with van der Waals surface area (Å²) in [5, 5.41) is 2.93. The first-order valence-electron chi connectivity index (χ1n) is 14.4. The van der Waals surface area contributed by atoms with Gasteiger partial charge in [0, 0.05) is 38.3 Å². The molecule has 1 N–H and O–H groups in total. The number of nitrogens with zero attached hydrogens (tertiary/aromatic N) is 5. The highest BCUT2D eigenvalue weighted by molar-refractivity contribution is 7.16. The number of imidazole rings is 1. The summed E-state index contributed by atoms with van der Waals surface area (Å²) in [6.07, 6.45) is 4.91. The molecule has 1 saturated heterocycles. The van der Waals surface area contributed by atoms with E-state index in [-0.39, 0.29) is 11.9 Å². The number of piperidine rings is 1. The molecule has 4 heterocycles. The molecule has 3 aromatic heterocycles. The van der Waals surface area contributed by atoms with Gasteiger partial charge >= 0.3 is 6.09 Å². The Morgan fingerprint density at radius 3 is 2.66 bits per heavy atom. The average Bonchev–Trinajstić information content (AvgIpc) is 3.57. The predicted molar refractivity (Wildman–Crippen MR) is 160 cm³/mol. The number of carbonyl (C=O) groups excluding carboxylic acids is 2. The Labute approximate surface area is 243 Å². The summed E-state index contributed by atoms with van der Waals surface area (Å²) >= 11 is 1.64. The van der Waals surface area contributed by atoms with Gasteiger partial charge in [0.05, 0.1) is 28.5 Å². The van der Waals surface area contributed by atoms with E-state index in [4.69, 9.17) is 14.5 Å². The summed E-state index contributed by atoms with van der Waals surface area (Å²) in [7, 11) is 3.62. The topological polar surface area (TPSA) is 104 Å². The van der Waals surface area contributed by atoms with Crippen LogP contribution in [0.4, 0.5) is 4.79 Å². The zero-order valence-electron chi connectivity index (χ0n) is 24.4. The van der Waals surface area contributed by atoms with Crippen LogP contribution in [0.2, 0.25) is 0 Å². The molecule has 41 heavy (non-hydrogen) atoms. The van der Waals surface area contributed by atoms with Crippen molar-refractivity contribution in [2.24, 2.45) is 13.0 Å². The number of aromatic nitrogens is 4. The normalized spacial score (nSPS) is 18.1. The van der Waals surface area contributed by atoms with Crippen LogP contribution in [0.25, 0.3) is 32.9 Å². The van der Waals surface area contributed by atoms with E-state index in [0.717, 1.165) is 46.8 Å². The van der Waals surface area contributed by atoms with Crippen molar-refractivity contribution in [2.45, 2.75) is 71.1 Å². The number of benzene rings is 1. The number of aryl methyl sites for hydroxylation is 1. The first-order valence-corrected chi connectivity index (χ1v) is 15.3. The van der Waals surface area contributed by atoms with Crippen molar-refractivity contribution in [3.8, 4) is 17.3 Å². The molecule has 0 unspecified atom stereocenters. The van der Waals surface area contributed by atoms with E-state index in [9.17, 15) is 9.59 Å². The quantitative estimate of drug-likeness (QED) is 0.320. The summed E-state index contributed by atoms with van der Waals surface area (Å²) in [6, 6.07) is 5.67. The lowest BCUT2D eigenvalue weighted by Crippen LogP contribution is -2.50. The molecule has 0 radical (unpaired) electrons. The first-order chi connectivity index (χ1) is 19.6. The minimum atomic E-state index is -0.577. The van der Waals surface area contributed by atoms with Gasteiger partial charge in [-0.1, -0.05) is 6.42 Å². The Morgan fingerprint density at radius 2 is 1.95 bits per heavy atom. The predicted octanol–water partition coefficient (Wildman–Crippen LogP) is 5.59. The van der Waals surface area contributed by atoms with Crippen molar-refractivity contribution in [3.63, 3.8) is 0 Å². The molecule has 2 fully saturated rings. The van der Waals surface area contributed by atoms with Crippen LogP contribution in [0.5, 0.6) is 5.75 Å². The number of thiazole rings is 1. The second-order valence-electron chi connectivity index (χ2n) is 12.3. The second kappa shape index (κ2) is 10.7. The number of methoxy groups -OCH3 is 1. The molecule has 218 valence electrons. The number of hydrogen-bond donors (Lipinski definition) is 1. The summed E-state index contributed by atoms with van der Waals surface area (Å²) in [6.45, 7) is 7.48. The maximum absolute atomic E-state index is 13.7. The standard InChI is InChI=1S/C30H38N6O4S/c1-30(2,3)40-29(38)32-20-10-7-11-35(16-20)28(37)19-12-21-25(23(13-19)39-5)34(4)26(33-21)22-14-24-27(31-17-41-24)36(22)15-18-8-6-9-18/h12-14,17-18,20H,6-11,15-16H2,1-5H3,(H,32,38)/t20-/m1/s1. The maximum Gasteiger partial charge on any atom is 0.407 e. The summed E-state index contributed by atoms with van der Waals surface area (Å²) in [4.78, 5) is 37.5. The molecule has 2 amide bonds. The number of carbonyl (C=O) groups is 2. The third-order valence-corrected chi connectivity index (χ3v) is 8.88. The minimum Gasteiger partial charge on any atom is -0.494 e. The Hall–Kier alpha value is -3.60. The smallest absolute Gasteiger partial charge is 0.407 e. The highest BCUT2D eigenvalue weighted by Gasteiger charge is 2.29. The third-order valence-electron chi connectivity index (χ3n) is 8.11. The number of nitrogens with one attached hydrogen (secondary N) is 1. The van der Waals surface area contributed by atoms with Crippen LogP contribution in [-0.4, -0.2) is 67.8 Å². The molecule has 0 bridgehead atoms. The van der Waals surface area contributed by atoms with Crippen molar-refractivity contribution in [2.75, 3.05) is 20.2 Å². The summed E-state index contributed by atoms with van der Waals surface area (Å²) < 4.78 is 16.7. The Balaban J connectivity index is 1.30. The molecule has 1 aliphatic heterocycles. The summed E-state index contributed by atoms with van der Waals surface area (Å²) in [5.41, 5.74) is 5.43. The molecule has 2 aliphatic rings. The van der Waals surface area contributed by atoms with Crippen LogP contribution in [0.3, 0.4) is 0 Å². The molecule has 6 rings (SSSR count). The average molecular weight is 579 g/mol. The Morgan fingerprint density at radius 1 is 1.15 bits per heavy atom. The number of alkyl carbamates (subject to hydrolysis) is 1. The van der Waals surface area contributed by atoms with Gasteiger partial charge in [-0.25, -0.2) is 14.8 Å². The van der Waals surface area contributed by atoms with Crippen LogP contribution in [0, 0.1) is 5.92 Å². The van der Waals surface area contributed by atoms with Gasteiger partial charge in [0.15, 0.2) is 11.5 Å². The van der Waals surface area contributed by atoms with Crippen molar-refractivity contribution in [1.82, 2.24) is 29.3 Å². The SMILES string of the molecule is COc1cc(C(=O)N2CCC[C@@H](NC(=O)OC(C)(C)C)C2)cc2nc(-c3cc4scnc4n3CC3CCC3)n(C)c12. The molecule has 1 saturated carbocycles. The zero-order valence-corrected chi connectivity index (χ0v) is 25.2. The van der Waals surface area contributed by atoms with E-state index >= 15 is 0 Å². The number of amides is 2. The number of fused-ring (bicyclic) bond motifs is 2. The second-order valence-corrected chi connectivity index (χ2v) is 13.1. The van der Waals surface area contributed by atoms with Gasteiger partial charge in [0.2, 0.25) is 0 Å². The van der Waals surface area contributed by atoms with Gasteiger partial charge in [0.1, 0.15) is 16.9 Å². The van der Waals surface area contributed by atoms with Crippen molar-refractivity contribution < 1.29 is 19.1 Å². The molecule has 11 heteroatoms. The fraction of sp³-hybridized carbons (Fsp3) is 0.533. The highest BCUT2D eigenvalue weighted by atomic mass is 32.1. The van der Waals surface area contributed by atoms with Crippen molar-refractivity contribution in [3.05, 3.63) is 29.3 Å². The number of rotatable bonds is 6. The van der Waals surface area contributed by atoms with E-state index in [0.29, 0.717) is 35.8 Å². The lowest BCUT2D eigenvalue weighted by Gasteiger charge is -2.33. The molecule has 1 atom stereocenters. The van der Waals surface area contributed by atoms with Gasteiger partial charge in [0.25, 0.3) is 5.91 Å². The molecular formula is C30H38N6O4S. The lowest BCUT2D eigenvalue weighted by atomic mass is 9.85. The monoisotopic (exact) mass is 578 g/mol. The lowest BCUT2D eigenvalue weighted by molar-refractivity contribution is 0.0452. The molecule has 4 aromatic rings. The van der Waals surface area contributed by atoms with Crippen LogP contribution >= 0.6 is 11.3 Å². The highest BCUT2D eigenvalue weighted by Crippen LogP contribution is 2.37. The Bertz CT molecular complexity index is 1610. The zero-order chi connectivity index (χ0) is 28.9. The van der Waals surface area contributed by atoms with Gasteiger partial charge in [-0.05, 0) is 70.6 Å². The van der Waals surface area contributed by atoms with Gasteiger partial charge in [-0.2, -0.15) is 0 Å². The van der Waals surface area contributed by atoms with Crippen LogP contribution in [0.15, 0.2) is 23.7 Å². The molecule has 0 spiro atoms. The van der Waals surface area contributed by atoms with E-state index < -0.39 is 11.7 Å². The molecule has 1 aliphatic carbocycles. The largest absolute Gasteiger partial charge is 0.494 e. The Kier molecular flexibility index (Phi) is 7.17. The van der Waals surface area contributed by atoms with Gasteiger partial charge in [-0.3, -0.25) is 4.79 Å². The van der Waals surface area contributed by atoms with Crippen LogP contribution in [0.1, 0.15) is 63.2 Å². The van der Waals surface area contributed by atoms with Gasteiger partial charge in [-0.15, -0.1) is 11.3 Å². The van der Waals surface area contributed by atoms with E-state index in [1.54, 1.807) is 29.4 Å². The molecular weight excluding hydrogens is 540 g/mol. The number of ether oxygens (including phenoxy) is 2. The number of likely N-dealkylation sites (tertiary alicyclic amines) is 1. The minimum absolute atomic E-state index is 0.105. The fourth-order valence-corrected chi connectivity index (χ4v) is 6.64. The van der Waals surface area contributed by atoms with Crippen molar-refractivity contribution in [1.29, 1.82) is 0 Å². The van der Waals surface area contributed by atoms with Crippen LogP contribution < -0.4 is 10.1 Å². The maximum atomic E-state index is 13.7. The van der Waals surface area contributed by atoms with Crippen LogP contribution in [-0.2, 0) is 18.3 Å². The fourth-order valence-electron chi connectivity index (χ4n) is 5.93. The first kappa shape index (κ1) is 27.6. The third kappa shape index (κ3) is 5.39. The number of hydrogen-bond acceptors (Lipinski definition) is 7. The summed E-state index contributed by atoms with van der Waals surface area (Å²) in [5.74, 6) is 1.99. The van der Waals surface area contributed by atoms with E-state index in [2.05, 4.69) is 25.5 Å². The van der Waals surface area contributed by atoms with E-state index in [1.807, 2.05) is 39.4 Å². The van der Waals surface area contributed by atoms with E-state index in [1.165, 1.54) is 19.3 Å².